The van der Waals surface area contributed by atoms with Gasteiger partial charge in [-0.25, -0.2) is 0 Å². The van der Waals surface area contributed by atoms with Crippen molar-refractivity contribution in [3.8, 4) is 0 Å². The lowest BCUT2D eigenvalue weighted by Gasteiger charge is -1.94. The van der Waals surface area contributed by atoms with Gasteiger partial charge in [-0.2, -0.15) is 0 Å². The molecule has 6 heavy (non-hydrogen) atoms. The van der Waals surface area contributed by atoms with Gasteiger partial charge in [0.15, 0.2) is 0 Å². The second kappa shape index (κ2) is 1.74. The van der Waals surface area contributed by atoms with E-state index >= 15 is 0 Å². The smallest absolute Gasteiger partial charge is 0.0722 e. The van der Waals surface area contributed by atoms with Crippen molar-refractivity contribution in [2.45, 2.75) is 6.92 Å². The highest BCUT2D eigenvalue weighted by atomic mass is 19.4. The average molecular weight is 93.1 g/mol. The first kappa shape index (κ1) is 5.40. The summed E-state index contributed by atoms with van der Waals surface area (Å²) in [5, 5.41) is -1.03. The van der Waals surface area contributed by atoms with E-state index < -0.39 is 5.34 Å². The van der Waals surface area contributed by atoms with Crippen molar-refractivity contribution in [3.63, 3.8) is 0 Å². The Kier molecular flexibility index (Phi) is 1.57. The predicted molar refractivity (Wildman–Crippen MR) is 18.9 cm³/mol. The van der Waals surface area contributed by atoms with Gasteiger partial charge >= 0.3 is 0 Å². The van der Waals surface area contributed by atoms with Gasteiger partial charge in [-0.3, -0.25) is 0 Å². The molecular weight excluding hydrogens is 88.0 g/mol. The molecule has 0 N–H and O–H groups in total. The van der Waals surface area contributed by atoms with Crippen molar-refractivity contribution in [3.05, 3.63) is 12.3 Å². The molecule has 0 aromatic heterocycles. The summed E-state index contributed by atoms with van der Waals surface area (Å²) in [6, 6.07) is 0. The highest BCUT2D eigenvalue weighted by molar-refractivity contribution is 4.77. The Morgan fingerprint density at radius 3 is 1.83 bits per heavy atom. The molecule has 3 heteroatoms. The van der Waals surface area contributed by atoms with Gasteiger partial charge in [-0.05, 0) is 12.3 Å². The zero-order valence-electron chi connectivity index (χ0n) is 3.41. The van der Waals surface area contributed by atoms with Crippen LogP contribution in [0.15, 0.2) is 12.3 Å². The maximum atomic E-state index is 10.9. The Labute approximate surface area is 34.7 Å². The molecule has 0 aromatic carbocycles. The predicted octanol–water partition coefficient (Wildman–Crippen LogP) is 1.59. The van der Waals surface area contributed by atoms with Gasteiger partial charge in [-0.15, -0.1) is 0 Å². The van der Waals surface area contributed by atoms with Crippen LogP contribution in [0.5, 0.6) is 0 Å². The van der Waals surface area contributed by atoms with E-state index in [1.54, 1.807) is 0 Å². The Bertz CT molecular complexity index is 59.8. The van der Waals surface area contributed by atoms with Crippen molar-refractivity contribution >= 4 is 0 Å². The fourth-order valence-corrected chi connectivity index (χ4v) is 0. The minimum Gasteiger partial charge on any atom is -0.0743 e. The van der Waals surface area contributed by atoms with Gasteiger partial charge in [0, 0.05) is 0 Å². The van der Waals surface area contributed by atoms with E-state index in [0.29, 0.717) is 0 Å². The molecule has 0 fully saturated rings. The molecule has 0 amide bonds. The summed E-state index contributed by atoms with van der Waals surface area (Å²) in [6.07, 6.45) is 0. The minimum atomic E-state index is -1.03. The van der Waals surface area contributed by atoms with Crippen molar-refractivity contribution in [1.82, 2.24) is 5.34 Å². The number of halogens is 2. The van der Waals surface area contributed by atoms with Gasteiger partial charge in [0.05, 0.1) is 5.70 Å². The van der Waals surface area contributed by atoms with Crippen LogP contribution in [0.4, 0.5) is 8.96 Å². The van der Waals surface area contributed by atoms with E-state index in [2.05, 4.69) is 6.58 Å². The summed E-state index contributed by atoms with van der Waals surface area (Å²) in [5.74, 6) is 0. The van der Waals surface area contributed by atoms with Crippen LogP contribution in [0.1, 0.15) is 6.92 Å². The van der Waals surface area contributed by atoms with Gasteiger partial charge in [0.2, 0.25) is 0 Å². The molecule has 0 aromatic rings. The first-order valence-corrected chi connectivity index (χ1v) is 1.42. The summed E-state index contributed by atoms with van der Waals surface area (Å²) in [7, 11) is 0. The van der Waals surface area contributed by atoms with Gasteiger partial charge in [0.1, 0.15) is 0 Å². The lowest BCUT2D eigenvalue weighted by molar-refractivity contribution is -0.115. The average Bonchev–Trinajstić information content (AvgIpc) is 1.36. The van der Waals surface area contributed by atoms with Crippen LogP contribution in [0, 0.1) is 0 Å². The zero-order valence-corrected chi connectivity index (χ0v) is 3.41. The molecule has 0 aliphatic heterocycles. The van der Waals surface area contributed by atoms with Crippen LogP contribution in [0.25, 0.3) is 0 Å². The lowest BCUT2D eigenvalue weighted by atomic mass is 10.6. The summed E-state index contributed by atoms with van der Waals surface area (Å²) in [4.78, 5) is 0. The van der Waals surface area contributed by atoms with Gasteiger partial charge < -0.3 is 0 Å². The highest BCUT2D eigenvalue weighted by Crippen LogP contribution is 1.98. The number of allylic oxidation sites excluding steroid dienone is 1. The van der Waals surface area contributed by atoms with Crippen molar-refractivity contribution in [2.75, 3.05) is 0 Å². The third-order valence-electron chi connectivity index (χ3n) is 0.289. The van der Waals surface area contributed by atoms with E-state index in [1.165, 1.54) is 6.92 Å². The molecule has 0 aliphatic carbocycles. The third kappa shape index (κ3) is 1.69. The molecule has 0 bridgehead atoms. The SMILES string of the molecule is C=C(C)N(F)F. The zero-order chi connectivity index (χ0) is 5.15. The van der Waals surface area contributed by atoms with Crippen molar-refractivity contribution in [2.24, 2.45) is 0 Å². The Morgan fingerprint density at radius 1 is 1.67 bits per heavy atom. The molecule has 0 rings (SSSR count). The second-order valence-corrected chi connectivity index (χ2v) is 0.968. The summed E-state index contributed by atoms with van der Waals surface area (Å²) < 4.78 is 21.8. The first-order valence-electron chi connectivity index (χ1n) is 1.42. The quantitative estimate of drug-likeness (QED) is 0.445. The summed E-state index contributed by atoms with van der Waals surface area (Å²) in [6.45, 7) is 4.15. The fourth-order valence-electron chi connectivity index (χ4n) is 0. The number of hydrogen-bond acceptors (Lipinski definition) is 1. The Hall–Kier alpha value is -0.600. The maximum absolute atomic E-state index is 10.9. The van der Waals surface area contributed by atoms with Crippen LogP contribution < -0.4 is 0 Å². The Balaban J connectivity index is 3.26. The third-order valence-corrected chi connectivity index (χ3v) is 0.289. The van der Waals surface area contributed by atoms with E-state index in [9.17, 15) is 8.96 Å². The normalized spacial score (nSPS) is 7.83. The van der Waals surface area contributed by atoms with E-state index in [0.717, 1.165) is 0 Å². The van der Waals surface area contributed by atoms with Crippen LogP contribution >= 0.6 is 0 Å². The summed E-state index contributed by atoms with van der Waals surface area (Å²) >= 11 is 0. The van der Waals surface area contributed by atoms with E-state index in [1.807, 2.05) is 0 Å². The van der Waals surface area contributed by atoms with Gasteiger partial charge in [-0.1, -0.05) is 15.5 Å². The van der Waals surface area contributed by atoms with Crippen LogP contribution in [0.3, 0.4) is 0 Å². The molecule has 1 nitrogen and oxygen atoms in total. The van der Waals surface area contributed by atoms with Crippen LogP contribution in [-0.4, -0.2) is 5.34 Å². The molecular formula is C3H5F2N. The van der Waals surface area contributed by atoms with Gasteiger partial charge in [0.25, 0.3) is 0 Å². The molecule has 36 valence electrons. The number of hydrogen-bond donors (Lipinski definition) is 0. The number of rotatable bonds is 1. The fraction of sp³-hybridized carbons (Fsp3) is 0.333. The molecule has 0 heterocycles. The molecule has 0 aliphatic rings. The maximum Gasteiger partial charge on any atom is 0.0722 e. The molecule has 0 radical (unpaired) electrons. The minimum absolute atomic E-state index is 0.241. The second-order valence-electron chi connectivity index (χ2n) is 0.968. The lowest BCUT2D eigenvalue weighted by Crippen LogP contribution is -1.92. The topological polar surface area (TPSA) is 3.24 Å². The molecule has 0 saturated carbocycles. The van der Waals surface area contributed by atoms with E-state index in [-0.39, 0.29) is 5.70 Å². The van der Waals surface area contributed by atoms with Crippen LogP contribution in [0.2, 0.25) is 0 Å². The molecule has 0 spiro atoms. The standard InChI is InChI=1S/C3H5F2N/c1-3(2)6(4)5/h1H2,2H3. The largest absolute Gasteiger partial charge is 0.0743 e. The van der Waals surface area contributed by atoms with E-state index in [4.69, 9.17) is 0 Å². The molecule has 0 saturated heterocycles. The van der Waals surface area contributed by atoms with Crippen molar-refractivity contribution < 1.29 is 8.96 Å². The Morgan fingerprint density at radius 2 is 1.83 bits per heavy atom. The first-order chi connectivity index (χ1) is 2.64. The molecule has 0 atom stereocenters. The van der Waals surface area contributed by atoms with Crippen LogP contribution in [-0.2, 0) is 0 Å². The monoisotopic (exact) mass is 93.0 g/mol. The highest BCUT2D eigenvalue weighted by Gasteiger charge is 1.91. The number of nitrogens with zero attached hydrogens (tertiary/aromatic N) is 1. The summed E-state index contributed by atoms with van der Waals surface area (Å²) in [5.41, 5.74) is -0.241. The van der Waals surface area contributed by atoms with Crippen molar-refractivity contribution in [1.29, 1.82) is 0 Å². The molecule has 0 unspecified atom stereocenters.